The minimum atomic E-state index is -0.123. The number of hydrogen-bond donors (Lipinski definition) is 2. The van der Waals surface area contributed by atoms with Crippen LogP contribution in [0.15, 0.2) is 53.0 Å². The Morgan fingerprint density at radius 3 is 2.43 bits per heavy atom. The van der Waals surface area contributed by atoms with Crippen LogP contribution >= 0.6 is 27.7 Å². The van der Waals surface area contributed by atoms with E-state index in [1.165, 1.54) is 30.2 Å². The molecule has 1 atom stereocenters. The minimum absolute atomic E-state index is 0.104. The van der Waals surface area contributed by atoms with E-state index in [2.05, 4.69) is 50.5 Å². The van der Waals surface area contributed by atoms with E-state index in [4.69, 9.17) is 0 Å². The Balaban J connectivity index is 1.36. The molecular formula is C23H28BrN3O2S. The van der Waals surface area contributed by atoms with Crippen LogP contribution in [0.3, 0.4) is 0 Å². The van der Waals surface area contributed by atoms with Gasteiger partial charge in [-0.05, 0) is 61.2 Å². The Kier molecular flexibility index (Phi) is 8.78. The predicted molar refractivity (Wildman–Crippen MR) is 129 cm³/mol. The first kappa shape index (κ1) is 22.8. The van der Waals surface area contributed by atoms with Gasteiger partial charge < -0.3 is 10.6 Å². The normalized spacial score (nSPS) is 16.8. The fourth-order valence-corrected chi connectivity index (χ4v) is 4.60. The largest absolute Gasteiger partial charge is 0.325 e. The van der Waals surface area contributed by atoms with Crippen molar-refractivity contribution in [2.75, 3.05) is 35.2 Å². The first-order valence-corrected chi connectivity index (χ1v) is 12.2. The Morgan fingerprint density at radius 2 is 1.77 bits per heavy atom. The van der Waals surface area contributed by atoms with E-state index in [-0.39, 0.29) is 23.3 Å². The number of carbonyl (C=O) groups excluding carboxylic acids is 2. The Hall–Kier alpha value is -1.83. The van der Waals surface area contributed by atoms with Crippen LogP contribution in [0.4, 0.5) is 11.4 Å². The molecule has 2 N–H and O–H groups in total. The lowest BCUT2D eigenvalue weighted by Crippen LogP contribution is -2.33. The van der Waals surface area contributed by atoms with E-state index in [0.29, 0.717) is 0 Å². The van der Waals surface area contributed by atoms with Crippen LogP contribution in [0.1, 0.15) is 25.3 Å². The summed E-state index contributed by atoms with van der Waals surface area (Å²) in [6.45, 7) is 5.59. The summed E-state index contributed by atoms with van der Waals surface area (Å²) in [5.74, 6) is 1.01. The summed E-state index contributed by atoms with van der Waals surface area (Å²) in [5, 5.41) is 5.72. The number of benzene rings is 2. The van der Waals surface area contributed by atoms with Crippen LogP contribution in [0.2, 0.25) is 0 Å². The molecule has 0 spiro atoms. The molecule has 5 nitrogen and oxygen atoms in total. The third kappa shape index (κ3) is 7.78. The van der Waals surface area contributed by atoms with Gasteiger partial charge in [0.05, 0.1) is 11.5 Å². The van der Waals surface area contributed by atoms with Gasteiger partial charge >= 0.3 is 0 Å². The number of thioether (sulfide) groups is 1. The quantitative estimate of drug-likeness (QED) is 0.548. The van der Waals surface area contributed by atoms with Gasteiger partial charge in [-0.25, -0.2) is 0 Å². The SMILES string of the molecule is CC1CCCN(Cc2ccc(NC(=O)CSCC(=O)Nc3cccc(Br)c3)cc2)C1. The second kappa shape index (κ2) is 11.5. The summed E-state index contributed by atoms with van der Waals surface area (Å²) in [6, 6.07) is 15.5. The molecule has 30 heavy (non-hydrogen) atoms. The molecule has 160 valence electrons. The maximum Gasteiger partial charge on any atom is 0.234 e. The molecule has 2 aromatic rings. The standard InChI is InChI=1S/C23H28BrN3O2S/c1-17-4-3-11-27(13-17)14-18-7-9-20(10-8-18)25-22(28)15-30-16-23(29)26-21-6-2-5-19(24)12-21/h2,5-10,12,17H,3-4,11,13-16H2,1H3,(H,25,28)(H,26,29). The van der Waals surface area contributed by atoms with E-state index < -0.39 is 0 Å². The molecule has 0 bridgehead atoms. The number of carbonyl (C=O) groups is 2. The monoisotopic (exact) mass is 489 g/mol. The molecule has 1 saturated heterocycles. The number of nitrogens with zero attached hydrogens (tertiary/aromatic N) is 1. The average Bonchev–Trinajstić information content (AvgIpc) is 2.69. The molecule has 0 saturated carbocycles. The van der Waals surface area contributed by atoms with Crippen molar-refractivity contribution in [3.05, 3.63) is 58.6 Å². The highest BCUT2D eigenvalue weighted by Gasteiger charge is 2.16. The Labute approximate surface area is 191 Å². The van der Waals surface area contributed by atoms with E-state index in [9.17, 15) is 9.59 Å². The van der Waals surface area contributed by atoms with Gasteiger partial charge in [0.1, 0.15) is 0 Å². The van der Waals surface area contributed by atoms with Gasteiger partial charge in [0.2, 0.25) is 11.8 Å². The number of halogens is 1. The van der Waals surface area contributed by atoms with Gasteiger partial charge in [-0.2, -0.15) is 0 Å². The molecule has 7 heteroatoms. The third-order valence-electron chi connectivity index (χ3n) is 4.96. The van der Waals surface area contributed by atoms with Crippen molar-refractivity contribution in [1.82, 2.24) is 4.90 Å². The number of anilines is 2. The number of likely N-dealkylation sites (tertiary alicyclic amines) is 1. The Morgan fingerprint density at radius 1 is 1.07 bits per heavy atom. The molecule has 1 heterocycles. The van der Waals surface area contributed by atoms with Crippen molar-refractivity contribution in [2.24, 2.45) is 5.92 Å². The minimum Gasteiger partial charge on any atom is -0.325 e. The van der Waals surface area contributed by atoms with Crippen molar-refractivity contribution in [2.45, 2.75) is 26.3 Å². The summed E-state index contributed by atoms with van der Waals surface area (Å²) >= 11 is 4.67. The van der Waals surface area contributed by atoms with Gasteiger partial charge in [0.15, 0.2) is 0 Å². The maximum absolute atomic E-state index is 12.2. The van der Waals surface area contributed by atoms with Crippen molar-refractivity contribution < 1.29 is 9.59 Å². The van der Waals surface area contributed by atoms with Crippen LogP contribution in [0.5, 0.6) is 0 Å². The summed E-state index contributed by atoms with van der Waals surface area (Å²) in [6.07, 6.45) is 2.60. The van der Waals surface area contributed by atoms with E-state index in [1.807, 2.05) is 36.4 Å². The van der Waals surface area contributed by atoms with Crippen molar-refractivity contribution in [3.63, 3.8) is 0 Å². The van der Waals surface area contributed by atoms with Crippen LogP contribution in [0.25, 0.3) is 0 Å². The molecular weight excluding hydrogens is 462 g/mol. The number of amides is 2. The third-order valence-corrected chi connectivity index (χ3v) is 6.39. The smallest absolute Gasteiger partial charge is 0.234 e. The summed E-state index contributed by atoms with van der Waals surface area (Å²) < 4.78 is 0.906. The number of nitrogens with one attached hydrogen (secondary N) is 2. The average molecular weight is 490 g/mol. The molecule has 3 rings (SSSR count). The zero-order valence-corrected chi connectivity index (χ0v) is 19.6. The second-order valence-electron chi connectivity index (χ2n) is 7.78. The highest BCUT2D eigenvalue weighted by molar-refractivity contribution is 9.10. The van der Waals surface area contributed by atoms with Gasteiger partial charge in [0, 0.05) is 28.9 Å². The van der Waals surface area contributed by atoms with Crippen LogP contribution in [-0.4, -0.2) is 41.3 Å². The molecule has 0 aliphatic carbocycles. The van der Waals surface area contributed by atoms with Crippen molar-refractivity contribution in [1.29, 1.82) is 0 Å². The van der Waals surface area contributed by atoms with Gasteiger partial charge in [-0.3, -0.25) is 14.5 Å². The molecule has 0 radical (unpaired) electrons. The van der Waals surface area contributed by atoms with Crippen LogP contribution in [-0.2, 0) is 16.1 Å². The zero-order chi connectivity index (χ0) is 21.3. The summed E-state index contributed by atoms with van der Waals surface area (Å²) in [7, 11) is 0. The zero-order valence-electron chi connectivity index (χ0n) is 17.2. The molecule has 2 amide bonds. The fourth-order valence-electron chi connectivity index (χ4n) is 3.58. The molecule has 1 aliphatic heterocycles. The molecule has 0 aromatic heterocycles. The lowest BCUT2D eigenvalue weighted by Gasteiger charge is -2.30. The van der Waals surface area contributed by atoms with Gasteiger partial charge in [0.25, 0.3) is 0 Å². The lowest BCUT2D eigenvalue weighted by molar-refractivity contribution is -0.114. The number of rotatable bonds is 8. The molecule has 2 aromatic carbocycles. The fraction of sp³-hybridized carbons (Fsp3) is 0.391. The highest BCUT2D eigenvalue weighted by Crippen LogP contribution is 2.19. The van der Waals surface area contributed by atoms with E-state index in [1.54, 1.807) is 0 Å². The lowest BCUT2D eigenvalue weighted by atomic mass is 10.00. The molecule has 1 fully saturated rings. The molecule has 1 unspecified atom stereocenters. The van der Waals surface area contributed by atoms with E-state index in [0.717, 1.165) is 41.4 Å². The number of piperidine rings is 1. The topological polar surface area (TPSA) is 61.4 Å². The van der Waals surface area contributed by atoms with Crippen LogP contribution in [0, 0.1) is 5.92 Å². The highest BCUT2D eigenvalue weighted by atomic mass is 79.9. The van der Waals surface area contributed by atoms with Crippen molar-refractivity contribution >= 4 is 50.9 Å². The van der Waals surface area contributed by atoms with Crippen molar-refractivity contribution in [3.8, 4) is 0 Å². The predicted octanol–water partition coefficient (Wildman–Crippen LogP) is 4.99. The van der Waals surface area contributed by atoms with Crippen LogP contribution < -0.4 is 10.6 Å². The van der Waals surface area contributed by atoms with E-state index >= 15 is 0 Å². The number of hydrogen-bond acceptors (Lipinski definition) is 4. The second-order valence-corrected chi connectivity index (χ2v) is 9.68. The molecule has 1 aliphatic rings. The van der Waals surface area contributed by atoms with Gasteiger partial charge in [-0.1, -0.05) is 41.1 Å². The first-order valence-electron chi connectivity index (χ1n) is 10.2. The maximum atomic E-state index is 12.2. The summed E-state index contributed by atoms with van der Waals surface area (Å²) in [5.41, 5.74) is 2.79. The first-order chi connectivity index (χ1) is 14.5. The summed E-state index contributed by atoms with van der Waals surface area (Å²) in [4.78, 5) is 26.7. The van der Waals surface area contributed by atoms with Gasteiger partial charge in [-0.15, -0.1) is 11.8 Å². The Bertz CT molecular complexity index is 860.